The molecule has 0 nitrogen and oxygen atoms in total. The third kappa shape index (κ3) is 6.33. The van der Waals surface area contributed by atoms with E-state index in [9.17, 15) is 0 Å². The Bertz CT molecular complexity index is 3040. The van der Waals surface area contributed by atoms with Crippen molar-refractivity contribution in [2.45, 2.75) is 25.2 Å². The van der Waals surface area contributed by atoms with E-state index in [1.165, 1.54) is 97.4 Å². The van der Waals surface area contributed by atoms with Crippen LogP contribution in [0.25, 0.3) is 88.6 Å². The highest BCUT2D eigenvalue weighted by molar-refractivity contribution is 8.33. The maximum atomic E-state index is 2.60. The Kier molecular flexibility index (Phi) is 9.12. The zero-order chi connectivity index (χ0) is 37.5. The molecular weight excluding hydrogens is 681 g/mol. The van der Waals surface area contributed by atoms with Gasteiger partial charge in [0.05, 0.1) is 0 Å². The van der Waals surface area contributed by atoms with Crippen molar-refractivity contribution >= 4 is 65.3 Å². The van der Waals surface area contributed by atoms with E-state index < -0.39 is 10.0 Å². The Hall–Kier alpha value is -5.89. The first kappa shape index (κ1) is 34.9. The lowest BCUT2D eigenvalue weighted by molar-refractivity contribution is 1.21. The fourth-order valence-electron chi connectivity index (χ4n) is 8.62. The summed E-state index contributed by atoms with van der Waals surface area (Å²) in [4.78, 5) is 1.52. The van der Waals surface area contributed by atoms with Crippen LogP contribution in [0.3, 0.4) is 0 Å². The third-order valence-corrected chi connectivity index (χ3v) is 13.9. The van der Waals surface area contributed by atoms with E-state index in [0.29, 0.717) is 0 Å². The zero-order valence-electron chi connectivity index (χ0n) is 32.1. The van der Waals surface area contributed by atoms with Gasteiger partial charge < -0.3 is 0 Å². The molecular formula is C54H46S. The molecule has 0 saturated carbocycles. The van der Waals surface area contributed by atoms with Crippen LogP contribution in [0.4, 0.5) is 0 Å². The van der Waals surface area contributed by atoms with Crippen molar-refractivity contribution in [1.29, 1.82) is 0 Å². The van der Waals surface area contributed by atoms with Gasteiger partial charge in [-0.25, -0.2) is 10.0 Å². The first-order chi connectivity index (χ1) is 27.0. The summed E-state index contributed by atoms with van der Waals surface area (Å²) in [5.41, 5.74) is 9.08. The Balaban J connectivity index is 0.00000195. The molecule has 55 heavy (non-hydrogen) atoms. The SMILES string of the molecule is CC.CS1(C)C/C=c2/c(-c3ccc4ccccc4c3)c3cc(-c4ccc5ccccc5c4)ccc3c(-c3ccc4ccccc4c3)/c2=C/Cc2ccccc21. The minimum atomic E-state index is -1.11. The maximum absolute atomic E-state index is 2.60. The van der Waals surface area contributed by atoms with Crippen LogP contribution in [-0.4, -0.2) is 18.3 Å². The molecule has 268 valence electrons. The third-order valence-electron chi connectivity index (χ3n) is 11.3. The second-order valence-corrected chi connectivity index (χ2v) is 18.8. The van der Waals surface area contributed by atoms with E-state index in [1.54, 1.807) is 0 Å². The van der Waals surface area contributed by atoms with Crippen LogP contribution < -0.4 is 10.4 Å². The van der Waals surface area contributed by atoms with Gasteiger partial charge in [-0.15, -0.1) is 0 Å². The van der Waals surface area contributed by atoms with Crippen LogP contribution in [-0.2, 0) is 6.42 Å². The van der Waals surface area contributed by atoms with E-state index in [1.807, 2.05) is 13.8 Å². The lowest BCUT2D eigenvalue weighted by atomic mass is 9.85. The molecule has 9 aromatic rings. The number of benzene rings is 9. The normalized spacial score (nSPS) is 15.2. The standard InChI is InChI=1S/C52H40S.C2H6/c1-53(2)30-29-48-46(27-25-38-14-9-10-18-50(38)53)51(44-23-20-36-12-4-7-16-40(36)32-44)47-28-26-43(42-22-19-35-11-3-6-15-39(35)31-42)34-49(47)52(48)45-24-21-37-13-5-8-17-41(37)33-45;1-2/h3-24,26-29,31-34H,25,30H2,1-2H3;1-2H3/b46-27+,48-29+;. The average Bonchev–Trinajstić information content (AvgIpc) is 3.29. The summed E-state index contributed by atoms with van der Waals surface area (Å²) in [7, 11) is -1.11. The van der Waals surface area contributed by atoms with Gasteiger partial charge in [0.1, 0.15) is 0 Å². The van der Waals surface area contributed by atoms with Gasteiger partial charge >= 0.3 is 0 Å². The Labute approximate surface area is 326 Å². The summed E-state index contributed by atoms with van der Waals surface area (Å²) in [6.45, 7) is 4.00. The minimum Gasteiger partial charge on any atom is -0.216 e. The first-order valence-electron chi connectivity index (χ1n) is 19.6. The molecule has 0 aromatic heterocycles. The molecule has 0 atom stereocenters. The smallest absolute Gasteiger partial charge is 0.000346 e. The molecule has 1 aliphatic rings. The van der Waals surface area contributed by atoms with Crippen LogP contribution in [0.2, 0.25) is 0 Å². The van der Waals surface area contributed by atoms with E-state index in [-0.39, 0.29) is 0 Å². The summed E-state index contributed by atoms with van der Waals surface area (Å²) in [5, 5.41) is 12.9. The fourth-order valence-corrected chi connectivity index (χ4v) is 10.7. The highest BCUT2D eigenvalue weighted by Gasteiger charge is 2.21. The van der Waals surface area contributed by atoms with Crippen molar-refractivity contribution in [3.8, 4) is 33.4 Å². The van der Waals surface area contributed by atoms with E-state index in [2.05, 4.69) is 195 Å². The van der Waals surface area contributed by atoms with Crippen molar-refractivity contribution in [3.63, 3.8) is 0 Å². The number of hydrogen-bond acceptors (Lipinski definition) is 0. The van der Waals surface area contributed by atoms with E-state index >= 15 is 0 Å². The van der Waals surface area contributed by atoms with E-state index in [4.69, 9.17) is 0 Å². The average molecular weight is 727 g/mol. The van der Waals surface area contributed by atoms with Gasteiger partial charge in [0, 0.05) is 0 Å². The first-order valence-corrected chi connectivity index (χ1v) is 22.2. The lowest BCUT2D eigenvalue weighted by Crippen LogP contribution is -2.30. The number of rotatable bonds is 3. The fraction of sp³-hybridized carbons (Fsp3) is 0.111. The van der Waals surface area contributed by atoms with Crippen LogP contribution >= 0.6 is 10.0 Å². The molecule has 0 N–H and O–H groups in total. The molecule has 0 fully saturated rings. The second-order valence-electron chi connectivity index (χ2n) is 14.9. The Morgan fingerprint density at radius 2 is 0.818 bits per heavy atom. The molecule has 1 aliphatic heterocycles. The molecule has 0 saturated heterocycles. The summed E-state index contributed by atoms with van der Waals surface area (Å²) in [5.74, 6) is 1.01. The van der Waals surface area contributed by atoms with Gasteiger partial charge in [-0.2, -0.15) is 0 Å². The van der Waals surface area contributed by atoms with Gasteiger partial charge in [-0.05, 0) is 152 Å². The Morgan fingerprint density at radius 1 is 0.382 bits per heavy atom. The molecule has 0 amide bonds. The second kappa shape index (κ2) is 14.4. The maximum Gasteiger partial charge on any atom is -0.000346 e. The highest BCUT2D eigenvalue weighted by Crippen LogP contribution is 2.51. The predicted octanol–water partition coefficient (Wildman–Crippen LogP) is 13.6. The summed E-state index contributed by atoms with van der Waals surface area (Å²) in [6.07, 6.45) is 11.0. The van der Waals surface area contributed by atoms with Gasteiger partial charge in [0.25, 0.3) is 0 Å². The summed E-state index contributed by atoms with van der Waals surface area (Å²) in [6, 6.07) is 63.5. The molecule has 1 heterocycles. The van der Waals surface area contributed by atoms with Crippen molar-refractivity contribution in [3.05, 3.63) is 186 Å². The van der Waals surface area contributed by atoms with Crippen molar-refractivity contribution < 1.29 is 0 Å². The summed E-state index contributed by atoms with van der Waals surface area (Å²) < 4.78 is 0. The predicted molar refractivity (Wildman–Crippen MR) is 245 cm³/mol. The van der Waals surface area contributed by atoms with Crippen LogP contribution in [0, 0.1) is 0 Å². The van der Waals surface area contributed by atoms with Crippen LogP contribution in [0.1, 0.15) is 19.4 Å². The van der Waals surface area contributed by atoms with Gasteiger partial charge in [0.2, 0.25) is 0 Å². The van der Waals surface area contributed by atoms with Crippen molar-refractivity contribution in [2.75, 3.05) is 18.3 Å². The van der Waals surface area contributed by atoms with Crippen molar-refractivity contribution in [2.24, 2.45) is 0 Å². The van der Waals surface area contributed by atoms with Crippen LogP contribution in [0.15, 0.2) is 175 Å². The molecule has 10 rings (SSSR count). The number of fused-ring (bicyclic) bond motifs is 6. The van der Waals surface area contributed by atoms with Crippen molar-refractivity contribution in [1.82, 2.24) is 0 Å². The van der Waals surface area contributed by atoms with Gasteiger partial charge in [-0.3, -0.25) is 0 Å². The molecule has 0 unspecified atom stereocenters. The highest BCUT2D eigenvalue weighted by atomic mass is 32.3. The zero-order valence-corrected chi connectivity index (χ0v) is 33.0. The minimum absolute atomic E-state index is 0.895. The molecule has 0 spiro atoms. The summed E-state index contributed by atoms with van der Waals surface area (Å²) >= 11 is 0. The molecule has 1 heteroatoms. The monoisotopic (exact) mass is 726 g/mol. The largest absolute Gasteiger partial charge is 0.216 e. The van der Waals surface area contributed by atoms with E-state index in [0.717, 1.165) is 12.2 Å². The topological polar surface area (TPSA) is 0 Å². The van der Waals surface area contributed by atoms with Crippen LogP contribution in [0.5, 0.6) is 0 Å². The molecule has 0 bridgehead atoms. The van der Waals surface area contributed by atoms with Gasteiger partial charge in [-0.1, -0.05) is 166 Å². The lowest BCUT2D eigenvalue weighted by Gasteiger charge is -2.32. The van der Waals surface area contributed by atoms with Gasteiger partial charge in [0.15, 0.2) is 0 Å². The number of hydrogen-bond donors (Lipinski definition) is 0. The molecule has 0 aliphatic carbocycles. The molecule has 0 radical (unpaired) electrons. The quantitative estimate of drug-likeness (QED) is 0.170. The molecule has 9 aromatic carbocycles. The Morgan fingerprint density at radius 3 is 1.42 bits per heavy atom.